The van der Waals surface area contributed by atoms with Crippen molar-refractivity contribution in [2.45, 2.75) is 115 Å². The van der Waals surface area contributed by atoms with Crippen molar-refractivity contribution in [2.75, 3.05) is 27.1 Å². The first-order valence-electron chi connectivity index (χ1n) is 18.0. The van der Waals surface area contributed by atoms with Crippen LogP contribution in [-0.2, 0) is 25.5 Å². The second kappa shape index (κ2) is 20.1. The maximum absolute atomic E-state index is 13.7. The molecule has 0 aliphatic carbocycles. The number of nitrogens with zero attached hydrogens (tertiary/aromatic N) is 1. The van der Waals surface area contributed by atoms with E-state index in [9.17, 15) is 9.59 Å². The summed E-state index contributed by atoms with van der Waals surface area (Å²) in [6.45, 7) is 4.11. The van der Waals surface area contributed by atoms with Crippen LogP contribution in [0, 0.1) is 0 Å². The minimum absolute atomic E-state index is 0.369. The highest BCUT2D eigenvalue weighted by atomic mass is 32.2. The number of aryl methyl sites for hydroxylation is 1. The number of unbranched alkanes of at least 4 members (excludes halogenated alkanes) is 12. The number of dihydropyridines is 1. The number of H-pyrrole nitrogens is 1. The molecule has 0 saturated heterocycles. The summed E-state index contributed by atoms with van der Waals surface area (Å²) < 4.78 is 16.6. The second-order valence-corrected chi connectivity index (χ2v) is 13.8. The molecule has 3 aromatic rings. The lowest BCUT2D eigenvalue weighted by Crippen LogP contribution is -2.34. The number of hydrogen-bond donors (Lipinski definition) is 2. The first-order chi connectivity index (χ1) is 23.9. The zero-order valence-corrected chi connectivity index (χ0v) is 30.9. The van der Waals surface area contributed by atoms with E-state index in [2.05, 4.69) is 23.3 Å². The average Bonchev–Trinajstić information content (AvgIpc) is 3.54. The lowest BCUT2D eigenvalue weighted by Gasteiger charge is -2.33. The fourth-order valence-electron chi connectivity index (χ4n) is 6.82. The highest BCUT2D eigenvalue weighted by Crippen LogP contribution is 2.45. The molecule has 0 radical (unpaired) electrons. The highest BCUT2D eigenvalue weighted by Gasteiger charge is 2.41. The number of carbonyl (C=O) groups is 2. The van der Waals surface area contributed by atoms with Gasteiger partial charge in [0, 0.05) is 22.7 Å². The van der Waals surface area contributed by atoms with E-state index in [-0.39, 0.29) is 0 Å². The fourth-order valence-corrected chi connectivity index (χ4v) is 7.67. The van der Waals surface area contributed by atoms with E-state index in [4.69, 9.17) is 19.2 Å². The third-order valence-electron chi connectivity index (χ3n) is 9.39. The number of fused-ring (bicyclic) bond motifs is 1. The lowest BCUT2D eigenvalue weighted by molar-refractivity contribution is -0.137. The molecule has 9 heteroatoms. The van der Waals surface area contributed by atoms with Crippen molar-refractivity contribution in [1.29, 1.82) is 0 Å². The Morgan fingerprint density at radius 2 is 1.39 bits per heavy atom. The molecule has 2 heterocycles. The summed E-state index contributed by atoms with van der Waals surface area (Å²) in [4.78, 5) is 35.2. The first kappa shape index (κ1) is 38.1. The number of aromatic nitrogens is 2. The SMILES string of the molecule is CCCCCCCCCCCCCCCc1cccc(OC)c1C1C(C(=O)OC)=C(C)NC(CSc2nc3ccccc3[nH]2)=C1C(=O)OC. The van der Waals surface area contributed by atoms with E-state index < -0.39 is 17.9 Å². The minimum atomic E-state index is -0.736. The van der Waals surface area contributed by atoms with Gasteiger partial charge < -0.3 is 24.5 Å². The third-order valence-corrected chi connectivity index (χ3v) is 10.3. The molecule has 0 amide bonds. The van der Waals surface area contributed by atoms with Crippen LogP contribution in [0.4, 0.5) is 0 Å². The molecule has 2 N–H and O–H groups in total. The first-order valence-corrected chi connectivity index (χ1v) is 19.0. The van der Waals surface area contributed by atoms with Crippen molar-refractivity contribution in [1.82, 2.24) is 15.3 Å². The van der Waals surface area contributed by atoms with Crippen molar-refractivity contribution in [3.05, 3.63) is 76.1 Å². The fraction of sp³-hybridized carbons (Fsp3) is 0.525. The number of benzene rings is 2. The van der Waals surface area contributed by atoms with Crippen molar-refractivity contribution in [3.63, 3.8) is 0 Å². The maximum atomic E-state index is 13.7. The van der Waals surface area contributed by atoms with Gasteiger partial charge in [0.1, 0.15) is 5.75 Å². The van der Waals surface area contributed by atoms with Gasteiger partial charge in [-0.1, -0.05) is 120 Å². The summed E-state index contributed by atoms with van der Waals surface area (Å²) in [7, 11) is 4.37. The van der Waals surface area contributed by atoms with Crippen molar-refractivity contribution >= 4 is 34.7 Å². The van der Waals surface area contributed by atoms with Gasteiger partial charge in [-0.3, -0.25) is 0 Å². The Morgan fingerprint density at radius 3 is 2.00 bits per heavy atom. The molecular weight excluding hydrogens is 635 g/mol. The predicted octanol–water partition coefficient (Wildman–Crippen LogP) is 9.56. The number of imidazole rings is 1. The molecule has 0 fully saturated rings. The predicted molar refractivity (Wildman–Crippen MR) is 199 cm³/mol. The Morgan fingerprint density at radius 1 is 0.776 bits per heavy atom. The molecule has 1 unspecified atom stereocenters. The Hall–Kier alpha value is -3.72. The van der Waals surface area contributed by atoms with Gasteiger partial charge in [-0.25, -0.2) is 14.6 Å². The van der Waals surface area contributed by atoms with Crippen LogP contribution in [0.15, 0.2) is 70.2 Å². The number of ether oxygens (including phenoxy) is 3. The number of methoxy groups -OCH3 is 3. The number of para-hydroxylation sites is 2. The van der Waals surface area contributed by atoms with Crippen LogP contribution < -0.4 is 10.1 Å². The smallest absolute Gasteiger partial charge is 0.336 e. The standard InChI is InChI=1S/C40H55N3O5S/c1-6-7-8-9-10-11-12-13-14-15-16-17-18-22-29-23-21-26-33(46-3)35(29)37-34(38(44)47-4)28(2)41-32(36(37)39(45)48-5)27-49-40-42-30-24-19-20-25-31(30)43-40/h19-21,23-26,37,41H,6-18,22,27H2,1-5H3,(H,42,43). The molecule has 8 nitrogen and oxygen atoms in total. The number of hydrogen-bond acceptors (Lipinski definition) is 8. The van der Waals surface area contributed by atoms with E-state index in [0.29, 0.717) is 34.0 Å². The summed E-state index contributed by atoms with van der Waals surface area (Å²) in [6, 6.07) is 13.8. The Kier molecular flexibility index (Phi) is 15.6. The topological polar surface area (TPSA) is 103 Å². The van der Waals surface area contributed by atoms with Crippen LogP contribution in [0.25, 0.3) is 11.0 Å². The number of aromatic amines is 1. The summed E-state index contributed by atoms with van der Waals surface area (Å²) in [5.74, 6) is -0.724. The van der Waals surface area contributed by atoms with Gasteiger partial charge in [-0.2, -0.15) is 0 Å². The van der Waals surface area contributed by atoms with Gasteiger partial charge in [0.2, 0.25) is 0 Å². The molecule has 0 bridgehead atoms. The molecule has 2 aromatic carbocycles. The second-order valence-electron chi connectivity index (χ2n) is 12.8. The number of nitrogens with one attached hydrogen (secondary N) is 2. The van der Waals surface area contributed by atoms with Crippen LogP contribution in [0.1, 0.15) is 114 Å². The molecule has 1 aromatic heterocycles. The highest BCUT2D eigenvalue weighted by molar-refractivity contribution is 7.99. The van der Waals surface area contributed by atoms with Gasteiger partial charge in [-0.15, -0.1) is 0 Å². The maximum Gasteiger partial charge on any atom is 0.336 e. The van der Waals surface area contributed by atoms with Crippen LogP contribution in [0.3, 0.4) is 0 Å². The van der Waals surface area contributed by atoms with Gasteiger partial charge in [0.25, 0.3) is 0 Å². The van der Waals surface area contributed by atoms with Crippen molar-refractivity contribution in [2.24, 2.45) is 0 Å². The molecular formula is C40H55N3O5S. The van der Waals surface area contributed by atoms with Crippen molar-refractivity contribution in [3.8, 4) is 5.75 Å². The number of thioether (sulfide) groups is 1. The Balaban J connectivity index is 1.52. The summed E-state index contributed by atoms with van der Waals surface area (Å²) in [5.41, 5.74) is 5.69. The molecule has 4 rings (SSSR count). The average molecular weight is 690 g/mol. The monoisotopic (exact) mass is 689 g/mol. The minimum Gasteiger partial charge on any atom is -0.496 e. The summed E-state index contributed by atoms with van der Waals surface area (Å²) in [6.07, 6.45) is 17.5. The van der Waals surface area contributed by atoms with Gasteiger partial charge >= 0.3 is 11.9 Å². The van der Waals surface area contributed by atoms with Crippen LogP contribution in [0.5, 0.6) is 5.75 Å². The van der Waals surface area contributed by atoms with E-state index in [1.165, 1.54) is 96.6 Å². The zero-order chi connectivity index (χ0) is 35.0. The quantitative estimate of drug-likeness (QED) is 0.0648. The molecule has 0 spiro atoms. The molecule has 0 saturated carbocycles. The normalized spacial score (nSPS) is 14.7. The Labute approximate surface area is 296 Å². The molecule has 49 heavy (non-hydrogen) atoms. The van der Waals surface area contributed by atoms with Crippen LogP contribution in [0.2, 0.25) is 0 Å². The van der Waals surface area contributed by atoms with Crippen molar-refractivity contribution < 1.29 is 23.8 Å². The van der Waals surface area contributed by atoms with Gasteiger partial charge in [0.05, 0.1) is 49.4 Å². The molecule has 1 atom stereocenters. The molecule has 1 aliphatic heterocycles. The summed E-state index contributed by atoms with van der Waals surface area (Å²) >= 11 is 1.48. The number of rotatable bonds is 21. The lowest BCUT2D eigenvalue weighted by atomic mass is 9.77. The number of esters is 2. The van der Waals surface area contributed by atoms with E-state index >= 15 is 0 Å². The zero-order valence-electron chi connectivity index (χ0n) is 30.1. The van der Waals surface area contributed by atoms with Gasteiger partial charge in [0.15, 0.2) is 5.16 Å². The van der Waals surface area contributed by atoms with Crippen LogP contribution in [-0.4, -0.2) is 49.0 Å². The summed E-state index contributed by atoms with van der Waals surface area (Å²) in [5, 5.41) is 4.09. The molecule has 266 valence electrons. The number of allylic oxidation sites excluding steroid dienone is 1. The largest absolute Gasteiger partial charge is 0.496 e. The van der Waals surface area contributed by atoms with E-state index in [1.54, 1.807) is 7.11 Å². The van der Waals surface area contributed by atoms with Gasteiger partial charge in [-0.05, 0) is 43.5 Å². The van der Waals surface area contributed by atoms with E-state index in [0.717, 1.165) is 46.6 Å². The Bertz CT molecular complexity index is 1560. The third kappa shape index (κ3) is 10.4. The van der Waals surface area contributed by atoms with Crippen LogP contribution >= 0.6 is 11.8 Å². The molecule has 1 aliphatic rings. The number of carbonyl (C=O) groups excluding carboxylic acids is 2. The van der Waals surface area contributed by atoms with E-state index in [1.807, 2.05) is 43.3 Å².